The molecule has 0 fully saturated rings. The number of hydrogen-bond acceptors (Lipinski definition) is 3. The molecule has 6 nitrogen and oxygen atoms in total. The lowest BCUT2D eigenvalue weighted by atomic mass is 10.1. The second kappa shape index (κ2) is 7.00. The van der Waals surface area contributed by atoms with Crippen LogP contribution in [0.2, 0.25) is 0 Å². The number of para-hydroxylation sites is 1. The van der Waals surface area contributed by atoms with Gasteiger partial charge in [-0.25, -0.2) is 0 Å². The number of aryl methyl sites for hydroxylation is 3. The van der Waals surface area contributed by atoms with Gasteiger partial charge in [-0.1, -0.05) is 25.1 Å². The van der Waals surface area contributed by atoms with Crippen molar-refractivity contribution in [1.29, 1.82) is 0 Å². The van der Waals surface area contributed by atoms with Crippen molar-refractivity contribution >= 4 is 22.6 Å². The van der Waals surface area contributed by atoms with Gasteiger partial charge in [0.1, 0.15) is 0 Å². The van der Waals surface area contributed by atoms with Crippen LogP contribution in [0.15, 0.2) is 46.0 Å². The Kier molecular flexibility index (Phi) is 4.75. The van der Waals surface area contributed by atoms with Crippen LogP contribution in [-0.4, -0.2) is 15.5 Å². The van der Waals surface area contributed by atoms with Crippen molar-refractivity contribution < 1.29 is 4.79 Å². The molecule has 0 bridgehead atoms. The summed E-state index contributed by atoms with van der Waals surface area (Å²) in [5.41, 5.74) is 3.06. The van der Waals surface area contributed by atoms with Crippen LogP contribution in [0.1, 0.15) is 35.3 Å². The van der Waals surface area contributed by atoms with Crippen molar-refractivity contribution in [3.05, 3.63) is 73.8 Å². The number of carbonyl (C=O) groups excluding carboxylic acids is 1. The van der Waals surface area contributed by atoms with Gasteiger partial charge in [0.15, 0.2) is 0 Å². The van der Waals surface area contributed by atoms with E-state index in [-0.39, 0.29) is 5.91 Å². The molecular weight excluding hydrogens is 330 g/mol. The summed E-state index contributed by atoms with van der Waals surface area (Å²) in [4.78, 5) is 39.0. The van der Waals surface area contributed by atoms with E-state index in [2.05, 4.69) is 10.3 Å². The number of nitrogens with zero attached hydrogens (tertiary/aromatic N) is 1. The van der Waals surface area contributed by atoms with Crippen molar-refractivity contribution in [2.45, 2.75) is 33.7 Å². The highest BCUT2D eigenvalue weighted by Gasteiger charge is 2.13. The van der Waals surface area contributed by atoms with Crippen molar-refractivity contribution in [2.75, 3.05) is 5.32 Å². The molecule has 3 rings (SSSR count). The zero-order valence-corrected chi connectivity index (χ0v) is 15.1. The van der Waals surface area contributed by atoms with Crippen LogP contribution in [0.5, 0.6) is 0 Å². The molecule has 0 saturated carbocycles. The van der Waals surface area contributed by atoms with E-state index in [4.69, 9.17) is 0 Å². The predicted octanol–water partition coefficient (Wildman–Crippen LogP) is 2.83. The number of aromatic amines is 1. The molecule has 0 atom stereocenters. The smallest absolute Gasteiger partial charge is 0.316 e. The van der Waals surface area contributed by atoms with Gasteiger partial charge in [-0.05, 0) is 49.6 Å². The molecule has 2 aromatic carbocycles. The standard InChI is InChI=1S/C20H21N3O3/c1-4-13-8-6-7-12(3)17(13)22-18(24)14-9-10-16-15(11-14)21-19(25)20(26)23(16)5-2/h6-11H,4-5H2,1-3H3,(H,21,25)(H,22,24). The number of amides is 1. The quantitative estimate of drug-likeness (QED) is 0.709. The van der Waals surface area contributed by atoms with Gasteiger partial charge >= 0.3 is 11.1 Å². The molecule has 0 aliphatic rings. The summed E-state index contributed by atoms with van der Waals surface area (Å²) in [6, 6.07) is 10.8. The van der Waals surface area contributed by atoms with Crippen LogP contribution in [0.25, 0.3) is 11.0 Å². The number of H-pyrrole nitrogens is 1. The first-order valence-corrected chi connectivity index (χ1v) is 8.63. The molecule has 134 valence electrons. The lowest BCUT2D eigenvalue weighted by Crippen LogP contribution is -2.36. The van der Waals surface area contributed by atoms with Gasteiger partial charge in [0, 0.05) is 17.8 Å². The molecule has 0 spiro atoms. The Bertz CT molecular complexity index is 1110. The maximum atomic E-state index is 12.7. The molecule has 0 unspecified atom stereocenters. The number of fused-ring (bicyclic) bond motifs is 1. The minimum atomic E-state index is -0.691. The van der Waals surface area contributed by atoms with Crippen LogP contribution in [0, 0.1) is 6.92 Å². The first-order chi connectivity index (χ1) is 12.5. The summed E-state index contributed by atoms with van der Waals surface area (Å²) in [6.07, 6.45) is 0.811. The fraction of sp³-hybridized carbons (Fsp3) is 0.250. The third-order valence-electron chi connectivity index (χ3n) is 4.53. The first-order valence-electron chi connectivity index (χ1n) is 8.63. The highest BCUT2D eigenvalue weighted by atomic mass is 16.2. The molecule has 1 heterocycles. The average molecular weight is 351 g/mol. The predicted molar refractivity (Wildman–Crippen MR) is 103 cm³/mol. The molecule has 2 N–H and O–H groups in total. The Labute approximate surface area is 150 Å². The van der Waals surface area contributed by atoms with Crippen LogP contribution in [0.3, 0.4) is 0 Å². The molecule has 0 radical (unpaired) electrons. The van der Waals surface area contributed by atoms with E-state index in [1.807, 2.05) is 32.0 Å². The number of anilines is 1. The molecular formula is C20H21N3O3. The van der Waals surface area contributed by atoms with Crippen LogP contribution in [-0.2, 0) is 13.0 Å². The van der Waals surface area contributed by atoms with Gasteiger partial charge < -0.3 is 14.9 Å². The van der Waals surface area contributed by atoms with Gasteiger partial charge in [0.05, 0.1) is 11.0 Å². The fourth-order valence-corrected chi connectivity index (χ4v) is 3.12. The molecule has 1 amide bonds. The fourth-order valence-electron chi connectivity index (χ4n) is 3.12. The van der Waals surface area contributed by atoms with Crippen LogP contribution < -0.4 is 16.4 Å². The SMILES string of the molecule is CCc1cccc(C)c1NC(=O)c1ccc2c(c1)[nH]c(=O)c(=O)n2CC. The maximum absolute atomic E-state index is 12.7. The molecule has 0 aliphatic heterocycles. The lowest BCUT2D eigenvalue weighted by molar-refractivity contribution is 0.102. The Morgan fingerprint density at radius 3 is 2.62 bits per heavy atom. The third-order valence-corrected chi connectivity index (χ3v) is 4.53. The van der Waals surface area contributed by atoms with Gasteiger partial charge in [0.25, 0.3) is 5.91 Å². The normalized spacial score (nSPS) is 10.9. The first kappa shape index (κ1) is 17.7. The number of rotatable bonds is 4. The molecule has 0 saturated heterocycles. The summed E-state index contributed by atoms with van der Waals surface area (Å²) < 4.78 is 1.40. The second-order valence-corrected chi connectivity index (χ2v) is 6.15. The average Bonchev–Trinajstić information content (AvgIpc) is 2.64. The van der Waals surface area contributed by atoms with Gasteiger partial charge in [-0.2, -0.15) is 0 Å². The van der Waals surface area contributed by atoms with Gasteiger partial charge in [-0.3, -0.25) is 14.4 Å². The minimum Gasteiger partial charge on any atom is -0.321 e. The summed E-state index contributed by atoms with van der Waals surface area (Å²) in [5, 5.41) is 2.97. The summed E-state index contributed by atoms with van der Waals surface area (Å²) >= 11 is 0. The summed E-state index contributed by atoms with van der Waals surface area (Å²) in [6.45, 7) is 6.17. The topological polar surface area (TPSA) is 84.0 Å². The Morgan fingerprint density at radius 2 is 1.92 bits per heavy atom. The van der Waals surface area contributed by atoms with Crippen molar-refractivity contribution in [1.82, 2.24) is 9.55 Å². The minimum absolute atomic E-state index is 0.258. The van der Waals surface area contributed by atoms with E-state index >= 15 is 0 Å². The highest BCUT2D eigenvalue weighted by Crippen LogP contribution is 2.22. The maximum Gasteiger partial charge on any atom is 0.316 e. The van der Waals surface area contributed by atoms with E-state index in [1.54, 1.807) is 25.1 Å². The van der Waals surface area contributed by atoms with Crippen LogP contribution in [0.4, 0.5) is 5.69 Å². The zero-order chi connectivity index (χ0) is 18.8. The van der Waals surface area contributed by atoms with E-state index in [0.29, 0.717) is 23.1 Å². The van der Waals surface area contributed by atoms with Crippen molar-refractivity contribution in [3.63, 3.8) is 0 Å². The number of nitrogens with one attached hydrogen (secondary N) is 2. The monoisotopic (exact) mass is 351 g/mol. The number of hydrogen-bond donors (Lipinski definition) is 2. The molecule has 3 aromatic rings. The molecule has 6 heteroatoms. The third kappa shape index (κ3) is 3.06. The summed E-state index contributed by atoms with van der Waals surface area (Å²) in [5.74, 6) is -0.258. The Morgan fingerprint density at radius 1 is 1.15 bits per heavy atom. The van der Waals surface area contributed by atoms with Crippen molar-refractivity contribution in [2.24, 2.45) is 0 Å². The molecule has 26 heavy (non-hydrogen) atoms. The highest BCUT2D eigenvalue weighted by molar-refractivity contribution is 6.06. The lowest BCUT2D eigenvalue weighted by Gasteiger charge is -2.13. The van der Waals surface area contributed by atoms with Crippen molar-refractivity contribution in [3.8, 4) is 0 Å². The van der Waals surface area contributed by atoms with E-state index in [1.165, 1.54) is 4.57 Å². The summed E-state index contributed by atoms with van der Waals surface area (Å²) in [7, 11) is 0. The number of benzene rings is 2. The zero-order valence-electron chi connectivity index (χ0n) is 15.1. The van der Waals surface area contributed by atoms with E-state index in [0.717, 1.165) is 23.2 Å². The second-order valence-electron chi connectivity index (χ2n) is 6.15. The van der Waals surface area contributed by atoms with E-state index < -0.39 is 11.1 Å². The molecule has 1 aromatic heterocycles. The Balaban J connectivity index is 2.04. The molecule has 0 aliphatic carbocycles. The van der Waals surface area contributed by atoms with E-state index in [9.17, 15) is 14.4 Å². The number of carbonyl (C=O) groups is 1. The number of aromatic nitrogens is 2. The van der Waals surface area contributed by atoms with Gasteiger partial charge in [-0.15, -0.1) is 0 Å². The van der Waals surface area contributed by atoms with Gasteiger partial charge in [0.2, 0.25) is 0 Å². The van der Waals surface area contributed by atoms with Crippen LogP contribution >= 0.6 is 0 Å². The Hall–Kier alpha value is -3.15. The largest absolute Gasteiger partial charge is 0.321 e.